The van der Waals surface area contributed by atoms with Crippen LogP contribution in [0, 0.1) is 21.7 Å². The Kier molecular flexibility index (Phi) is 10.8. The van der Waals surface area contributed by atoms with Gasteiger partial charge in [-0.25, -0.2) is 0 Å². The number of halogens is 3. The van der Waals surface area contributed by atoms with Crippen LogP contribution in [0.25, 0.3) is 0 Å². The molecule has 0 N–H and O–H groups in total. The predicted octanol–water partition coefficient (Wildman–Crippen LogP) is 10.6. The third kappa shape index (κ3) is 9.46. The van der Waals surface area contributed by atoms with Gasteiger partial charge in [0.15, 0.2) is 0 Å². The Morgan fingerprint density at radius 2 is 0.960 bits per heavy atom. The minimum atomic E-state index is -4.85. The highest BCUT2D eigenvalue weighted by molar-refractivity contribution is 6.01. The monoisotopic (exact) mass is 692 g/mol. The molecular formula is C42H59F3N4O. The molecular weight excluding hydrogens is 633 g/mol. The van der Waals surface area contributed by atoms with Crippen molar-refractivity contribution in [2.75, 3.05) is 58.9 Å². The number of carbonyl (C=O) groups excluding carboxylic acids is 1. The molecule has 0 unspecified atom stereocenters. The van der Waals surface area contributed by atoms with E-state index in [4.69, 9.17) is 0 Å². The fourth-order valence-electron chi connectivity index (χ4n) is 7.18. The molecule has 2 fully saturated rings. The molecule has 4 aliphatic heterocycles. The summed E-state index contributed by atoms with van der Waals surface area (Å²) in [7, 11) is 0. The van der Waals surface area contributed by atoms with E-state index in [1.807, 2.05) is 24.3 Å². The van der Waals surface area contributed by atoms with Crippen LogP contribution in [0.2, 0.25) is 0 Å². The van der Waals surface area contributed by atoms with E-state index in [1.165, 1.54) is 49.9 Å². The van der Waals surface area contributed by atoms with Crippen molar-refractivity contribution in [3.63, 3.8) is 0 Å². The maximum absolute atomic E-state index is 13.0. The van der Waals surface area contributed by atoms with Gasteiger partial charge in [0.25, 0.3) is 5.78 Å². The van der Waals surface area contributed by atoms with Gasteiger partial charge in [0.1, 0.15) is 0 Å². The summed E-state index contributed by atoms with van der Waals surface area (Å²) < 4.78 is 39.0. The Morgan fingerprint density at radius 1 is 0.560 bits per heavy atom. The average molecular weight is 693 g/mol. The largest absolute Gasteiger partial charge is 0.454 e. The lowest BCUT2D eigenvalue weighted by molar-refractivity contribution is -0.167. The zero-order chi connectivity index (χ0) is 36.5. The van der Waals surface area contributed by atoms with Gasteiger partial charge in [-0.1, -0.05) is 61.5 Å². The van der Waals surface area contributed by atoms with Crippen LogP contribution in [-0.4, -0.2) is 51.2 Å². The third-order valence-electron chi connectivity index (χ3n) is 11.5. The van der Waals surface area contributed by atoms with Crippen molar-refractivity contribution in [3.05, 3.63) is 72.6 Å². The van der Waals surface area contributed by atoms with E-state index in [2.05, 4.69) is 92.8 Å². The zero-order valence-electron chi connectivity index (χ0n) is 31.7. The number of rotatable bonds is 5. The number of benzene rings is 2. The van der Waals surface area contributed by atoms with Crippen LogP contribution < -0.4 is 19.6 Å². The maximum Gasteiger partial charge on any atom is 0.454 e. The summed E-state index contributed by atoms with van der Waals surface area (Å²) in [5.41, 5.74) is 4.91. The van der Waals surface area contributed by atoms with Crippen LogP contribution in [0.3, 0.4) is 0 Å². The van der Waals surface area contributed by atoms with Crippen LogP contribution in [0.15, 0.2) is 72.6 Å². The molecule has 4 heterocycles. The second-order valence-corrected chi connectivity index (χ2v) is 17.8. The van der Waals surface area contributed by atoms with Crippen molar-refractivity contribution in [1.82, 2.24) is 0 Å². The summed E-state index contributed by atoms with van der Waals surface area (Å²) in [6.07, 6.45) is 7.69. The van der Waals surface area contributed by atoms with Crippen molar-refractivity contribution in [2.24, 2.45) is 21.7 Å². The van der Waals surface area contributed by atoms with Gasteiger partial charge in [0.2, 0.25) is 0 Å². The molecule has 2 saturated heterocycles. The number of carbonyl (C=O) groups is 1. The number of alkyl halides is 3. The molecule has 0 radical (unpaired) electrons. The Hall–Kier alpha value is -3.42. The molecule has 50 heavy (non-hydrogen) atoms. The van der Waals surface area contributed by atoms with Gasteiger partial charge in [-0.15, -0.1) is 0 Å². The molecule has 2 aromatic carbocycles. The molecule has 8 heteroatoms. The van der Waals surface area contributed by atoms with E-state index >= 15 is 0 Å². The van der Waals surface area contributed by atoms with E-state index in [0.717, 1.165) is 43.9 Å². The van der Waals surface area contributed by atoms with Crippen molar-refractivity contribution in [3.8, 4) is 0 Å². The first-order chi connectivity index (χ1) is 23.2. The number of hydrogen-bond donors (Lipinski definition) is 0. The van der Waals surface area contributed by atoms with Gasteiger partial charge >= 0.3 is 6.18 Å². The van der Waals surface area contributed by atoms with Gasteiger partial charge in [-0.05, 0) is 109 Å². The van der Waals surface area contributed by atoms with E-state index in [0.29, 0.717) is 29.2 Å². The normalized spacial score (nSPS) is 22.7. The molecule has 0 saturated carbocycles. The number of hydrogen-bond acceptors (Lipinski definition) is 5. The van der Waals surface area contributed by atoms with E-state index in [-0.39, 0.29) is 5.57 Å². The number of Topliss-reactive ketones (excluding diaryl/α,β-unsaturated/α-hetero) is 1. The Bertz CT molecular complexity index is 1520. The van der Waals surface area contributed by atoms with Crippen LogP contribution in [0.5, 0.6) is 0 Å². The minimum Gasteiger partial charge on any atom is -0.371 e. The van der Waals surface area contributed by atoms with Crippen LogP contribution in [0.1, 0.15) is 93.9 Å². The van der Waals surface area contributed by atoms with E-state index < -0.39 is 17.4 Å². The average Bonchev–Trinajstić information content (AvgIpc) is 3.05. The molecule has 0 atom stereocenters. The fourth-order valence-corrected chi connectivity index (χ4v) is 7.18. The second kappa shape index (κ2) is 14.3. The lowest BCUT2D eigenvalue weighted by Crippen LogP contribution is -2.39. The van der Waals surface area contributed by atoms with Gasteiger partial charge in [0, 0.05) is 80.0 Å². The van der Waals surface area contributed by atoms with Crippen LogP contribution in [-0.2, 0) is 4.79 Å². The fraction of sp³-hybridized carbons (Fsp3) is 0.595. The van der Waals surface area contributed by atoms with Gasteiger partial charge in [-0.2, -0.15) is 13.2 Å². The van der Waals surface area contributed by atoms with Crippen molar-refractivity contribution in [1.29, 1.82) is 0 Å². The second-order valence-electron chi connectivity index (χ2n) is 17.8. The highest BCUT2D eigenvalue weighted by Crippen LogP contribution is 2.41. The summed E-state index contributed by atoms with van der Waals surface area (Å²) in [5.74, 6) is -1.74. The lowest BCUT2D eigenvalue weighted by atomic mass is 9.77. The lowest BCUT2D eigenvalue weighted by Gasteiger charge is -2.39. The molecule has 4 aliphatic rings. The number of anilines is 4. The quantitative estimate of drug-likeness (QED) is 0.311. The first-order valence-electron chi connectivity index (χ1n) is 18.5. The molecule has 0 spiro atoms. The van der Waals surface area contributed by atoms with E-state index in [9.17, 15) is 18.0 Å². The standard InChI is InChI=1S/C22H29F3N2O.C20H30N2/c1-20(2)9-12-26(13-10-20)16-5-7-17(8-6-16)27-14-11-21(3,4)18(15-27)19(28)22(23,24)25;1-19(2)9-13-21(14-10-19)17-5-7-18(8-6-17)22-15-11-20(3,4)12-16-22/h5-8,15H,9-14H2,1-4H3;5-9,13H,10-12,14-16H2,1-4H3. The predicted molar refractivity (Wildman–Crippen MR) is 203 cm³/mol. The van der Waals surface area contributed by atoms with Crippen LogP contribution >= 0.6 is 0 Å². The van der Waals surface area contributed by atoms with Gasteiger partial charge in [-0.3, -0.25) is 4.79 Å². The zero-order valence-corrected chi connectivity index (χ0v) is 31.7. The summed E-state index contributed by atoms with van der Waals surface area (Å²) in [4.78, 5) is 20.9. The number of piperidine rings is 2. The molecule has 2 aromatic rings. The van der Waals surface area contributed by atoms with Crippen LogP contribution in [0.4, 0.5) is 35.9 Å². The third-order valence-corrected chi connectivity index (χ3v) is 11.5. The summed E-state index contributed by atoms with van der Waals surface area (Å²) in [6.45, 7) is 23.4. The highest BCUT2D eigenvalue weighted by Gasteiger charge is 2.46. The Balaban J connectivity index is 0.000000200. The number of ketones is 1. The maximum atomic E-state index is 13.0. The smallest absolute Gasteiger partial charge is 0.371 e. The Morgan fingerprint density at radius 3 is 1.36 bits per heavy atom. The molecule has 5 nitrogen and oxygen atoms in total. The van der Waals surface area contributed by atoms with Gasteiger partial charge < -0.3 is 19.6 Å². The summed E-state index contributed by atoms with van der Waals surface area (Å²) in [6, 6.07) is 17.0. The minimum absolute atomic E-state index is 0.173. The SMILES string of the molecule is CC1(C)C=CN(c2ccc(N3CCC(C)(C)CC3)cc2)CC1.CC1(C)CCN(c2ccc(N3C=C(C(=O)C(F)(F)F)C(C)(C)CC3)cc2)CC1. The summed E-state index contributed by atoms with van der Waals surface area (Å²) >= 11 is 0. The first kappa shape index (κ1) is 37.8. The topological polar surface area (TPSA) is 30.0 Å². The van der Waals surface area contributed by atoms with Crippen molar-refractivity contribution >= 4 is 28.5 Å². The summed E-state index contributed by atoms with van der Waals surface area (Å²) in [5, 5.41) is 0. The molecule has 0 aromatic heterocycles. The molecule has 274 valence electrons. The highest BCUT2D eigenvalue weighted by atomic mass is 19.4. The Labute approximate surface area is 299 Å². The van der Waals surface area contributed by atoms with Crippen molar-refractivity contribution < 1.29 is 18.0 Å². The van der Waals surface area contributed by atoms with Gasteiger partial charge in [0.05, 0.1) is 0 Å². The molecule has 0 bridgehead atoms. The number of allylic oxidation sites excluding steroid dienone is 2. The number of nitrogens with zero attached hydrogens (tertiary/aromatic N) is 4. The van der Waals surface area contributed by atoms with Crippen molar-refractivity contribution in [2.45, 2.75) is 100 Å². The molecule has 0 amide bonds. The molecule has 6 rings (SSSR count). The molecule has 0 aliphatic carbocycles. The van der Waals surface area contributed by atoms with E-state index in [1.54, 1.807) is 18.7 Å². The first-order valence-corrected chi connectivity index (χ1v) is 18.5.